The molecule has 23 heavy (non-hydrogen) atoms. The van der Waals surface area contributed by atoms with Crippen molar-refractivity contribution in [1.29, 1.82) is 0 Å². The molecule has 0 bridgehead atoms. The van der Waals surface area contributed by atoms with Gasteiger partial charge in [0.15, 0.2) is 6.10 Å². The molecule has 126 valence electrons. The molecule has 0 aromatic carbocycles. The van der Waals surface area contributed by atoms with Gasteiger partial charge in [-0.25, -0.2) is 4.79 Å². The zero-order valence-electron chi connectivity index (χ0n) is 12.0. The Labute approximate surface area is 138 Å². The van der Waals surface area contributed by atoms with Crippen molar-refractivity contribution >= 4 is 21.9 Å². The third kappa shape index (κ3) is 3.88. The number of esters is 1. The molecule has 1 unspecified atom stereocenters. The first kappa shape index (κ1) is 17.4. The highest BCUT2D eigenvalue weighted by Gasteiger charge is 2.44. The van der Waals surface area contributed by atoms with Gasteiger partial charge in [0.2, 0.25) is 0 Å². The molecule has 1 fully saturated rings. The first-order valence-corrected chi connectivity index (χ1v) is 7.37. The van der Waals surface area contributed by atoms with Crippen LogP contribution in [0.1, 0.15) is 19.6 Å². The molecule has 2 heterocycles. The van der Waals surface area contributed by atoms with Gasteiger partial charge in [-0.15, -0.1) is 0 Å². The minimum Gasteiger partial charge on any atom is -0.466 e. The first-order valence-electron chi connectivity index (χ1n) is 6.57. The highest BCUT2D eigenvalue weighted by atomic mass is 79.9. The van der Waals surface area contributed by atoms with Crippen molar-refractivity contribution in [3.8, 4) is 0 Å². The van der Waals surface area contributed by atoms with E-state index in [-0.39, 0.29) is 10.9 Å². The number of rotatable bonds is 5. The van der Waals surface area contributed by atoms with Gasteiger partial charge in [-0.1, -0.05) is 6.58 Å². The summed E-state index contributed by atoms with van der Waals surface area (Å²) in [7, 11) is 0. The summed E-state index contributed by atoms with van der Waals surface area (Å²) in [4.78, 5) is 36.5. The van der Waals surface area contributed by atoms with Gasteiger partial charge in [0, 0.05) is 19.5 Å². The van der Waals surface area contributed by atoms with E-state index in [1.807, 2.05) is 0 Å². The number of aromatic amines is 1. The van der Waals surface area contributed by atoms with Crippen LogP contribution in [0.3, 0.4) is 0 Å². The number of nitrogens with zero attached hydrogens (tertiary/aromatic N) is 1. The van der Waals surface area contributed by atoms with Crippen molar-refractivity contribution in [2.24, 2.45) is 0 Å². The highest BCUT2D eigenvalue weighted by molar-refractivity contribution is 9.10. The Balaban J connectivity index is 2.30. The van der Waals surface area contributed by atoms with Gasteiger partial charge in [0.05, 0.1) is 10.7 Å². The Kier molecular flexibility index (Phi) is 5.37. The van der Waals surface area contributed by atoms with Crippen molar-refractivity contribution in [2.45, 2.75) is 38.1 Å². The second-order valence-corrected chi connectivity index (χ2v) is 5.59. The third-order valence-corrected chi connectivity index (χ3v) is 3.72. The van der Waals surface area contributed by atoms with Crippen LogP contribution in [0.25, 0.3) is 0 Å². The SMILES string of the molecule is C=COC(F)[C@H]1O[C@@H](n2cc(Br)c(=O)[nH]c2=O)C[C@@H]1OC(C)=O. The molecule has 0 amide bonds. The van der Waals surface area contributed by atoms with Crippen LogP contribution < -0.4 is 11.2 Å². The lowest BCUT2D eigenvalue weighted by atomic mass is 10.1. The summed E-state index contributed by atoms with van der Waals surface area (Å²) in [6.07, 6.45) is -2.91. The first-order chi connectivity index (χ1) is 10.8. The Morgan fingerprint density at radius 1 is 1.65 bits per heavy atom. The van der Waals surface area contributed by atoms with E-state index in [4.69, 9.17) is 9.47 Å². The molecular weight excluding hydrogens is 379 g/mol. The third-order valence-electron chi connectivity index (χ3n) is 3.15. The Hall–Kier alpha value is -1.94. The fourth-order valence-corrected chi connectivity index (χ4v) is 2.56. The molecule has 0 aliphatic carbocycles. The predicted molar refractivity (Wildman–Crippen MR) is 79.3 cm³/mol. The zero-order valence-corrected chi connectivity index (χ0v) is 13.6. The van der Waals surface area contributed by atoms with E-state index in [9.17, 15) is 18.8 Å². The van der Waals surface area contributed by atoms with Crippen LogP contribution in [0.5, 0.6) is 0 Å². The minimum absolute atomic E-state index is 0.0174. The number of hydrogen-bond acceptors (Lipinski definition) is 6. The van der Waals surface area contributed by atoms with Gasteiger partial charge >= 0.3 is 11.7 Å². The number of carbonyl (C=O) groups is 1. The van der Waals surface area contributed by atoms with Crippen LogP contribution in [0.2, 0.25) is 0 Å². The quantitative estimate of drug-likeness (QED) is 0.592. The maximum absolute atomic E-state index is 14.0. The van der Waals surface area contributed by atoms with Crippen molar-refractivity contribution in [3.05, 3.63) is 44.3 Å². The smallest absolute Gasteiger partial charge is 0.330 e. The van der Waals surface area contributed by atoms with Gasteiger partial charge in [0.25, 0.3) is 11.9 Å². The number of aromatic nitrogens is 2. The lowest BCUT2D eigenvalue weighted by Gasteiger charge is -2.21. The number of nitrogens with one attached hydrogen (secondary N) is 1. The molecule has 0 radical (unpaired) electrons. The van der Waals surface area contributed by atoms with E-state index >= 15 is 0 Å². The van der Waals surface area contributed by atoms with E-state index in [2.05, 4.69) is 32.2 Å². The van der Waals surface area contributed by atoms with Gasteiger partial charge in [-0.05, 0) is 15.9 Å². The molecule has 2 rings (SSSR count). The molecule has 8 nitrogen and oxygen atoms in total. The summed E-state index contributed by atoms with van der Waals surface area (Å²) in [6.45, 7) is 4.42. The average molecular weight is 393 g/mol. The molecule has 1 aliphatic heterocycles. The highest BCUT2D eigenvalue weighted by Crippen LogP contribution is 2.33. The molecule has 0 spiro atoms. The number of ether oxygens (including phenoxy) is 3. The topological polar surface area (TPSA) is 99.6 Å². The van der Waals surface area contributed by atoms with Crippen molar-refractivity contribution in [2.75, 3.05) is 0 Å². The van der Waals surface area contributed by atoms with Crippen LogP contribution in [0.15, 0.2) is 33.1 Å². The zero-order chi connectivity index (χ0) is 17.1. The molecule has 0 saturated carbocycles. The van der Waals surface area contributed by atoms with Crippen LogP contribution >= 0.6 is 15.9 Å². The summed E-state index contributed by atoms with van der Waals surface area (Å²) in [5.41, 5.74) is -1.33. The largest absolute Gasteiger partial charge is 0.466 e. The van der Waals surface area contributed by atoms with E-state index in [1.165, 1.54) is 13.1 Å². The second kappa shape index (κ2) is 7.09. The molecule has 1 N–H and O–H groups in total. The molecular formula is C13H14BrFN2O6. The van der Waals surface area contributed by atoms with E-state index < -0.39 is 42.0 Å². The maximum Gasteiger partial charge on any atom is 0.330 e. The van der Waals surface area contributed by atoms with Crippen molar-refractivity contribution in [1.82, 2.24) is 9.55 Å². The van der Waals surface area contributed by atoms with E-state index in [0.717, 1.165) is 10.8 Å². The molecule has 1 aromatic heterocycles. The molecule has 10 heteroatoms. The van der Waals surface area contributed by atoms with E-state index in [0.29, 0.717) is 0 Å². The number of H-pyrrole nitrogens is 1. The number of hydrogen-bond donors (Lipinski definition) is 1. The molecule has 1 aliphatic rings. The van der Waals surface area contributed by atoms with E-state index in [1.54, 1.807) is 0 Å². The Morgan fingerprint density at radius 3 is 2.96 bits per heavy atom. The summed E-state index contributed by atoms with van der Waals surface area (Å²) in [6, 6.07) is 0. The summed E-state index contributed by atoms with van der Waals surface area (Å²) in [5, 5.41) is 0. The average Bonchev–Trinajstić information content (AvgIpc) is 2.86. The van der Waals surface area contributed by atoms with Gasteiger partial charge in [0.1, 0.15) is 12.3 Å². The van der Waals surface area contributed by atoms with Crippen LogP contribution in [0.4, 0.5) is 4.39 Å². The molecule has 1 aromatic rings. The Morgan fingerprint density at radius 2 is 2.35 bits per heavy atom. The minimum atomic E-state index is -1.93. The van der Waals surface area contributed by atoms with Gasteiger partial charge in [-0.2, -0.15) is 4.39 Å². The second-order valence-electron chi connectivity index (χ2n) is 4.74. The van der Waals surface area contributed by atoms with Crippen molar-refractivity contribution < 1.29 is 23.4 Å². The number of alkyl halides is 1. The van der Waals surface area contributed by atoms with Gasteiger partial charge in [-0.3, -0.25) is 19.1 Å². The number of carbonyl (C=O) groups excluding carboxylic acids is 1. The standard InChI is InChI=1S/C13H14BrFN2O6/c1-3-21-11(15)10-8(22-6(2)18)4-9(23-10)17-5-7(14)12(19)16-13(17)20/h3,5,8-11H,1,4H2,2H3,(H,16,19,20)/t8-,9+,10-,11?/m0/s1. The van der Waals surface area contributed by atoms with Crippen LogP contribution in [-0.4, -0.2) is 34.1 Å². The Bertz CT molecular complexity index is 717. The fourth-order valence-electron chi connectivity index (χ4n) is 2.24. The molecule has 4 atom stereocenters. The lowest BCUT2D eigenvalue weighted by molar-refractivity contribution is -0.164. The monoisotopic (exact) mass is 392 g/mol. The summed E-state index contributed by atoms with van der Waals surface area (Å²) < 4.78 is 30.2. The summed E-state index contributed by atoms with van der Waals surface area (Å²) in [5.74, 6) is -0.620. The van der Waals surface area contributed by atoms with Crippen LogP contribution in [0, 0.1) is 0 Å². The molecule has 1 saturated heterocycles. The number of halogens is 2. The van der Waals surface area contributed by atoms with Crippen molar-refractivity contribution in [3.63, 3.8) is 0 Å². The normalized spacial score (nSPS) is 24.9. The van der Waals surface area contributed by atoms with Gasteiger partial charge < -0.3 is 14.2 Å². The maximum atomic E-state index is 14.0. The fraction of sp³-hybridized carbons (Fsp3) is 0.462. The van der Waals surface area contributed by atoms with Crippen LogP contribution in [-0.2, 0) is 19.0 Å². The lowest BCUT2D eigenvalue weighted by Crippen LogP contribution is -2.35. The predicted octanol–water partition coefficient (Wildman–Crippen LogP) is 0.974. The summed E-state index contributed by atoms with van der Waals surface area (Å²) >= 11 is 3.00.